The molecule has 0 fully saturated rings. The van der Waals surface area contributed by atoms with Gasteiger partial charge >= 0.3 is 0 Å². The molecular weight excluding hydrogens is 216 g/mol. The molecule has 6 heteroatoms. The molecule has 92 valence electrons. The van der Waals surface area contributed by atoms with Gasteiger partial charge in [-0.25, -0.2) is 9.97 Å². The van der Waals surface area contributed by atoms with E-state index in [0.717, 1.165) is 31.2 Å². The van der Waals surface area contributed by atoms with Crippen molar-refractivity contribution < 1.29 is 0 Å². The van der Waals surface area contributed by atoms with Crippen LogP contribution >= 0.6 is 0 Å². The molecule has 2 aromatic heterocycles. The average molecular weight is 234 g/mol. The van der Waals surface area contributed by atoms with E-state index in [1.807, 2.05) is 12.4 Å². The minimum absolute atomic E-state index is 0.0240. The third-order valence-electron chi connectivity index (χ3n) is 2.59. The molecule has 2 aromatic rings. The van der Waals surface area contributed by atoms with Gasteiger partial charge < -0.3 is 9.88 Å². The van der Waals surface area contributed by atoms with Crippen molar-refractivity contribution in [2.24, 2.45) is 0 Å². The summed E-state index contributed by atoms with van der Waals surface area (Å²) in [7, 11) is 0. The molecule has 0 amide bonds. The van der Waals surface area contributed by atoms with E-state index in [-0.39, 0.29) is 6.04 Å². The van der Waals surface area contributed by atoms with Crippen LogP contribution < -0.4 is 5.32 Å². The Labute approximate surface area is 100 Å². The lowest BCUT2D eigenvalue weighted by Crippen LogP contribution is -2.26. The van der Waals surface area contributed by atoms with Gasteiger partial charge in [-0.3, -0.25) is 5.10 Å². The molecule has 0 bridgehead atoms. The van der Waals surface area contributed by atoms with Gasteiger partial charge in [0.05, 0.1) is 0 Å². The topological polar surface area (TPSA) is 71.4 Å². The van der Waals surface area contributed by atoms with Gasteiger partial charge in [0.25, 0.3) is 0 Å². The van der Waals surface area contributed by atoms with Gasteiger partial charge in [0.1, 0.15) is 24.0 Å². The van der Waals surface area contributed by atoms with Gasteiger partial charge in [0.2, 0.25) is 0 Å². The van der Waals surface area contributed by atoms with Crippen molar-refractivity contribution >= 4 is 0 Å². The zero-order chi connectivity index (χ0) is 12.1. The van der Waals surface area contributed by atoms with Crippen molar-refractivity contribution in [3.8, 4) is 0 Å². The van der Waals surface area contributed by atoms with Crippen LogP contribution in [-0.2, 0) is 6.54 Å². The maximum absolute atomic E-state index is 4.42. The second kappa shape index (κ2) is 5.58. The molecule has 2 rings (SSSR count). The number of aromatic amines is 1. The zero-order valence-electron chi connectivity index (χ0n) is 10.2. The quantitative estimate of drug-likeness (QED) is 0.785. The van der Waals surface area contributed by atoms with E-state index in [2.05, 4.69) is 43.9 Å². The molecule has 17 heavy (non-hydrogen) atoms. The fourth-order valence-electron chi connectivity index (χ4n) is 1.88. The first-order valence-electron chi connectivity index (χ1n) is 5.96. The third-order valence-corrected chi connectivity index (χ3v) is 2.59. The highest BCUT2D eigenvalue weighted by Crippen LogP contribution is 2.16. The van der Waals surface area contributed by atoms with Crippen molar-refractivity contribution in [3.05, 3.63) is 30.4 Å². The standard InChI is InChI=1S/C11H18N6/c1-3-6-17-7-5-13-11(17)9(12-4-2)10-14-8-15-16-10/h5,7-9,12H,3-4,6H2,1-2H3,(H,14,15,16). The highest BCUT2D eigenvalue weighted by atomic mass is 15.2. The Kier molecular flexibility index (Phi) is 3.87. The van der Waals surface area contributed by atoms with Crippen molar-refractivity contribution in [1.29, 1.82) is 0 Å². The lowest BCUT2D eigenvalue weighted by Gasteiger charge is -2.16. The molecule has 2 N–H and O–H groups in total. The van der Waals surface area contributed by atoms with E-state index in [1.54, 1.807) is 0 Å². The van der Waals surface area contributed by atoms with Gasteiger partial charge in [-0.05, 0) is 13.0 Å². The summed E-state index contributed by atoms with van der Waals surface area (Å²) >= 11 is 0. The van der Waals surface area contributed by atoms with Crippen molar-refractivity contribution in [3.63, 3.8) is 0 Å². The van der Waals surface area contributed by atoms with Crippen LogP contribution in [0, 0.1) is 0 Å². The molecule has 6 nitrogen and oxygen atoms in total. The Balaban J connectivity index is 2.29. The smallest absolute Gasteiger partial charge is 0.149 e. The lowest BCUT2D eigenvalue weighted by atomic mass is 10.2. The predicted molar refractivity (Wildman–Crippen MR) is 64.4 cm³/mol. The normalized spacial score (nSPS) is 12.8. The summed E-state index contributed by atoms with van der Waals surface area (Å²) in [6.45, 7) is 6.03. The number of hydrogen-bond donors (Lipinski definition) is 2. The molecule has 1 atom stereocenters. The molecule has 2 heterocycles. The minimum atomic E-state index is -0.0240. The number of H-pyrrole nitrogens is 1. The minimum Gasteiger partial charge on any atom is -0.333 e. The van der Waals surface area contributed by atoms with Gasteiger partial charge in [-0.2, -0.15) is 5.10 Å². The summed E-state index contributed by atoms with van der Waals surface area (Å²) in [6, 6.07) is -0.0240. The molecular formula is C11H18N6. The van der Waals surface area contributed by atoms with Gasteiger partial charge in [0, 0.05) is 18.9 Å². The van der Waals surface area contributed by atoms with Gasteiger partial charge in [0.15, 0.2) is 0 Å². The number of imidazole rings is 1. The third kappa shape index (κ3) is 2.52. The van der Waals surface area contributed by atoms with E-state index in [1.165, 1.54) is 6.33 Å². The summed E-state index contributed by atoms with van der Waals surface area (Å²) in [5.74, 6) is 1.78. The molecule has 0 saturated heterocycles. The van der Waals surface area contributed by atoms with Crippen molar-refractivity contribution in [1.82, 2.24) is 30.0 Å². The van der Waals surface area contributed by atoms with Crippen LogP contribution in [0.15, 0.2) is 18.7 Å². The summed E-state index contributed by atoms with van der Waals surface area (Å²) in [5.41, 5.74) is 0. The molecule has 0 spiro atoms. The van der Waals surface area contributed by atoms with Crippen molar-refractivity contribution in [2.45, 2.75) is 32.9 Å². The van der Waals surface area contributed by atoms with Gasteiger partial charge in [-0.1, -0.05) is 13.8 Å². The Morgan fingerprint density at radius 3 is 2.94 bits per heavy atom. The van der Waals surface area contributed by atoms with Crippen LogP contribution in [0.1, 0.15) is 38.0 Å². The van der Waals surface area contributed by atoms with Crippen LogP contribution in [0.4, 0.5) is 0 Å². The first kappa shape index (κ1) is 11.8. The first-order chi connectivity index (χ1) is 8.36. The van der Waals surface area contributed by atoms with Gasteiger partial charge in [-0.15, -0.1) is 0 Å². The van der Waals surface area contributed by atoms with E-state index in [0.29, 0.717) is 0 Å². The maximum atomic E-state index is 4.42. The number of hydrogen-bond acceptors (Lipinski definition) is 4. The number of nitrogens with one attached hydrogen (secondary N) is 2. The molecule has 0 aliphatic carbocycles. The SMILES string of the molecule is CCCn1ccnc1C(NCC)c1ncn[nH]1. The Morgan fingerprint density at radius 2 is 2.29 bits per heavy atom. The number of rotatable bonds is 6. The van der Waals surface area contributed by atoms with Crippen molar-refractivity contribution in [2.75, 3.05) is 6.54 Å². The Morgan fingerprint density at radius 1 is 1.41 bits per heavy atom. The second-order valence-electron chi connectivity index (χ2n) is 3.84. The highest BCUT2D eigenvalue weighted by molar-refractivity contribution is 5.10. The summed E-state index contributed by atoms with van der Waals surface area (Å²) in [4.78, 5) is 8.63. The molecule has 0 aliphatic heterocycles. The van der Waals surface area contributed by atoms with Crippen LogP contribution in [0.3, 0.4) is 0 Å². The molecule has 0 radical (unpaired) electrons. The Bertz CT molecular complexity index is 433. The monoisotopic (exact) mass is 234 g/mol. The van der Waals surface area contributed by atoms with Crippen LogP contribution in [0.2, 0.25) is 0 Å². The maximum Gasteiger partial charge on any atom is 0.149 e. The number of nitrogens with zero attached hydrogens (tertiary/aromatic N) is 4. The molecule has 0 aromatic carbocycles. The molecule has 1 unspecified atom stereocenters. The average Bonchev–Trinajstić information content (AvgIpc) is 2.97. The Hall–Kier alpha value is -1.69. The number of aromatic nitrogens is 5. The molecule has 0 aliphatic rings. The van der Waals surface area contributed by atoms with Crippen LogP contribution in [-0.4, -0.2) is 31.3 Å². The first-order valence-corrected chi connectivity index (χ1v) is 5.96. The fourth-order valence-corrected chi connectivity index (χ4v) is 1.88. The summed E-state index contributed by atoms with van der Waals surface area (Å²) in [6.07, 6.45) is 6.43. The lowest BCUT2D eigenvalue weighted by molar-refractivity contribution is 0.526. The van der Waals surface area contributed by atoms with E-state index in [4.69, 9.17) is 0 Å². The summed E-state index contributed by atoms with van der Waals surface area (Å²) < 4.78 is 2.15. The predicted octanol–water partition coefficient (Wildman–Crippen LogP) is 1.11. The summed E-state index contributed by atoms with van der Waals surface area (Å²) in [5, 5.41) is 10.2. The van der Waals surface area contributed by atoms with E-state index in [9.17, 15) is 0 Å². The molecule has 0 saturated carbocycles. The van der Waals surface area contributed by atoms with Crippen LogP contribution in [0.25, 0.3) is 0 Å². The van der Waals surface area contributed by atoms with E-state index >= 15 is 0 Å². The van der Waals surface area contributed by atoms with E-state index < -0.39 is 0 Å². The van der Waals surface area contributed by atoms with Crippen LogP contribution in [0.5, 0.6) is 0 Å². The fraction of sp³-hybridized carbons (Fsp3) is 0.545. The largest absolute Gasteiger partial charge is 0.333 e. The highest BCUT2D eigenvalue weighted by Gasteiger charge is 2.20. The number of aryl methyl sites for hydroxylation is 1. The zero-order valence-corrected chi connectivity index (χ0v) is 10.2. The second-order valence-corrected chi connectivity index (χ2v) is 3.84.